The smallest absolute Gasteiger partial charge is 0.269 e. The summed E-state index contributed by atoms with van der Waals surface area (Å²) >= 11 is 1.17. The van der Waals surface area contributed by atoms with Crippen molar-refractivity contribution in [3.63, 3.8) is 0 Å². The lowest BCUT2D eigenvalue weighted by molar-refractivity contribution is -0.384. The van der Waals surface area contributed by atoms with Gasteiger partial charge in [0.2, 0.25) is 11.8 Å². The second-order valence-corrected chi connectivity index (χ2v) is 8.21. The fourth-order valence-corrected chi connectivity index (χ4v) is 3.70. The zero-order chi connectivity index (χ0) is 26.1. The van der Waals surface area contributed by atoms with Crippen LogP contribution in [0.15, 0.2) is 53.7 Å². The molecule has 0 aliphatic heterocycles. The third kappa shape index (κ3) is 7.06. The largest absolute Gasteiger partial charge is 0.493 e. The predicted octanol–water partition coefficient (Wildman–Crippen LogP) is 2.80. The third-order valence-electron chi connectivity index (χ3n) is 4.87. The molecule has 188 valence electrons. The number of ether oxygens (including phenoxy) is 2. The number of nitrogens with zero attached hydrogens (tertiary/aromatic N) is 4. The van der Waals surface area contributed by atoms with E-state index in [9.17, 15) is 19.7 Å². The van der Waals surface area contributed by atoms with E-state index in [-0.39, 0.29) is 29.8 Å². The van der Waals surface area contributed by atoms with Gasteiger partial charge in [0.05, 0.1) is 31.4 Å². The summed E-state index contributed by atoms with van der Waals surface area (Å²) < 4.78 is 12.1. The number of anilines is 1. The van der Waals surface area contributed by atoms with Crippen molar-refractivity contribution in [2.75, 3.05) is 25.3 Å². The quantitative estimate of drug-likeness (QED) is 0.171. The third-order valence-corrected chi connectivity index (χ3v) is 5.90. The number of hydrogen-bond donors (Lipinski definition) is 2. The Morgan fingerprint density at radius 2 is 1.83 bits per heavy atom. The Bertz CT molecular complexity index is 1270. The maximum Gasteiger partial charge on any atom is 0.269 e. The number of rotatable bonds is 11. The summed E-state index contributed by atoms with van der Waals surface area (Å²) in [5.41, 5.74) is 1.17. The second kappa shape index (κ2) is 12.4. The van der Waals surface area contributed by atoms with Crippen molar-refractivity contribution in [3.8, 4) is 11.5 Å². The van der Waals surface area contributed by atoms with Crippen LogP contribution in [0.25, 0.3) is 6.08 Å². The van der Waals surface area contributed by atoms with Gasteiger partial charge in [-0.1, -0.05) is 17.8 Å². The van der Waals surface area contributed by atoms with E-state index in [1.165, 1.54) is 49.2 Å². The van der Waals surface area contributed by atoms with Crippen molar-refractivity contribution in [3.05, 3.63) is 70.0 Å². The van der Waals surface area contributed by atoms with Gasteiger partial charge in [-0.15, -0.1) is 10.2 Å². The van der Waals surface area contributed by atoms with Gasteiger partial charge in [-0.2, -0.15) is 0 Å². The highest BCUT2D eigenvalue weighted by molar-refractivity contribution is 7.99. The Balaban J connectivity index is 1.48. The SMILES string of the molecule is COc1ccc(C=CC(=O)NCc2nnc(SCC(=O)Nc3ccc([N+](=O)[O-])cc3)n2C)cc1OC. The molecule has 0 radical (unpaired) electrons. The lowest BCUT2D eigenvalue weighted by atomic mass is 10.2. The van der Waals surface area contributed by atoms with E-state index in [2.05, 4.69) is 20.8 Å². The first-order valence-electron chi connectivity index (χ1n) is 10.5. The molecule has 2 aromatic carbocycles. The van der Waals surface area contributed by atoms with Crippen LogP contribution in [0.5, 0.6) is 11.5 Å². The molecular weight excluding hydrogens is 488 g/mol. The molecule has 3 rings (SSSR count). The summed E-state index contributed by atoms with van der Waals surface area (Å²) in [4.78, 5) is 34.6. The Kier molecular flexibility index (Phi) is 9.00. The van der Waals surface area contributed by atoms with Crippen LogP contribution in [-0.2, 0) is 23.2 Å². The van der Waals surface area contributed by atoms with E-state index in [4.69, 9.17) is 9.47 Å². The van der Waals surface area contributed by atoms with Gasteiger partial charge in [-0.05, 0) is 35.9 Å². The molecule has 0 bridgehead atoms. The van der Waals surface area contributed by atoms with Crippen LogP contribution in [0.1, 0.15) is 11.4 Å². The molecule has 0 spiro atoms. The maximum atomic E-state index is 12.2. The summed E-state index contributed by atoms with van der Waals surface area (Å²) in [6.07, 6.45) is 3.05. The average molecular weight is 513 g/mol. The van der Waals surface area contributed by atoms with Crippen LogP contribution in [0, 0.1) is 10.1 Å². The van der Waals surface area contributed by atoms with Crippen LogP contribution >= 0.6 is 11.8 Å². The fourth-order valence-electron chi connectivity index (χ4n) is 2.97. The van der Waals surface area contributed by atoms with Gasteiger partial charge in [0.25, 0.3) is 5.69 Å². The van der Waals surface area contributed by atoms with E-state index in [1.807, 2.05) is 0 Å². The first kappa shape index (κ1) is 26.2. The van der Waals surface area contributed by atoms with Gasteiger partial charge in [0.1, 0.15) is 0 Å². The summed E-state index contributed by atoms with van der Waals surface area (Å²) in [5, 5.41) is 24.7. The van der Waals surface area contributed by atoms with Crippen LogP contribution in [0.4, 0.5) is 11.4 Å². The number of nitro groups is 1. The molecule has 0 atom stereocenters. The summed E-state index contributed by atoms with van der Waals surface area (Å²) in [6, 6.07) is 10.9. The predicted molar refractivity (Wildman–Crippen MR) is 134 cm³/mol. The lowest BCUT2D eigenvalue weighted by Crippen LogP contribution is -2.22. The normalized spacial score (nSPS) is 10.8. The van der Waals surface area contributed by atoms with Crippen LogP contribution in [0.2, 0.25) is 0 Å². The standard InChI is InChI=1S/C23H24N6O6S/c1-28-20(13-24-21(30)11-5-15-4-10-18(34-2)19(12-15)35-3)26-27-23(28)36-14-22(31)25-16-6-8-17(9-7-16)29(32)33/h4-12H,13-14H2,1-3H3,(H,24,30)(H,25,31). The first-order chi connectivity index (χ1) is 17.3. The van der Waals surface area contributed by atoms with Crippen molar-refractivity contribution in [2.24, 2.45) is 7.05 Å². The molecule has 2 N–H and O–H groups in total. The van der Waals surface area contributed by atoms with Gasteiger partial charge in [0.15, 0.2) is 22.5 Å². The van der Waals surface area contributed by atoms with Crippen molar-refractivity contribution in [2.45, 2.75) is 11.7 Å². The fraction of sp³-hybridized carbons (Fsp3) is 0.217. The zero-order valence-corrected chi connectivity index (χ0v) is 20.6. The lowest BCUT2D eigenvalue weighted by Gasteiger charge is -2.07. The van der Waals surface area contributed by atoms with Crippen molar-refractivity contribution < 1.29 is 24.0 Å². The molecule has 1 heterocycles. The molecule has 1 aromatic heterocycles. The molecule has 0 aliphatic rings. The minimum Gasteiger partial charge on any atom is -0.493 e. The monoisotopic (exact) mass is 512 g/mol. The molecule has 0 saturated carbocycles. The molecule has 0 fully saturated rings. The average Bonchev–Trinajstić information content (AvgIpc) is 3.24. The molecule has 12 nitrogen and oxygen atoms in total. The maximum absolute atomic E-state index is 12.2. The highest BCUT2D eigenvalue weighted by Gasteiger charge is 2.13. The number of non-ortho nitro benzene ring substituents is 1. The minimum absolute atomic E-state index is 0.0578. The van der Waals surface area contributed by atoms with Gasteiger partial charge in [-0.3, -0.25) is 19.7 Å². The molecule has 3 aromatic rings. The minimum atomic E-state index is -0.510. The van der Waals surface area contributed by atoms with E-state index >= 15 is 0 Å². The van der Waals surface area contributed by atoms with E-state index in [0.29, 0.717) is 28.2 Å². The van der Waals surface area contributed by atoms with E-state index in [1.54, 1.807) is 43.0 Å². The Hall–Kier alpha value is -4.39. The number of benzene rings is 2. The van der Waals surface area contributed by atoms with Crippen molar-refractivity contribution in [1.82, 2.24) is 20.1 Å². The molecule has 13 heteroatoms. The van der Waals surface area contributed by atoms with E-state index < -0.39 is 4.92 Å². The topological polar surface area (TPSA) is 151 Å². The summed E-state index contributed by atoms with van der Waals surface area (Å²) in [6.45, 7) is 0.147. The van der Waals surface area contributed by atoms with Crippen molar-refractivity contribution in [1.29, 1.82) is 0 Å². The molecule has 36 heavy (non-hydrogen) atoms. The van der Waals surface area contributed by atoms with Gasteiger partial charge in [0, 0.05) is 30.9 Å². The Labute approximate surface area is 210 Å². The van der Waals surface area contributed by atoms with Crippen molar-refractivity contribution >= 4 is 41.0 Å². The number of carbonyl (C=O) groups excluding carboxylic acids is 2. The molecular formula is C23H24N6O6S. The zero-order valence-electron chi connectivity index (χ0n) is 19.8. The van der Waals surface area contributed by atoms with Gasteiger partial charge < -0.3 is 24.7 Å². The van der Waals surface area contributed by atoms with Gasteiger partial charge >= 0.3 is 0 Å². The van der Waals surface area contributed by atoms with E-state index in [0.717, 1.165) is 5.56 Å². The molecule has 0 aliphatic carbocycles. The number of methoxy groups -OCH3 is 2. The van der Waals surface area contributed by atoms with Crippen LogP contribution < -0.4 is 20.1 Å². The number of thioether (sulfide) groups is 1. The van der Waals surface area contributed by atoms with Gasteiger partial charge in [-0.25, -0.2) is 0 Å². The number of amides is 2. The second-order valence-electron chi connectivity index (χ2n) is 7.26. The number of carbonyl (C=O) groups is 2. The van der Waals surface area contributed by atoms with Crippen LogP contribution in [0.3, 0.4) is 0 Å². The Morgan fingerprint density at radius 1 is 1.11 bits per heavy atom. The first-order valence-corrected chi connectivity index (χ1v) is 11.5. The highest BCUT2D eigenvalue weighted by atomic mass is 32.2. The molecule has 0 saturated heterocycles. The summed E-state index contributed by atoms with van der Waals surface area (Å²) in [7, 11) is 4.82. The Morgan fingerprint density at radius 3 is 2.50 bits per heavy atom. The molecule has 0 unspecified atom stereocenters. The number of nitro benzene ring substituents is 1. The number of aromatic nitrogens is 3. The molecule has 2 amide bonds. The number of nitrogens with one attached hydrogen (secondary N) is 2. The highest BCUT2D eigenvalue weighted by Crippen LogP contribution is 2.28. The number of hydrogen-bond acceptors (Lipinski definition) is 9. The summed E-state index contributed by atoms with van der Waals surface area (Å²) in [5.74, 6) is 1.12. The van der Waals surface area contributed by atoms with Crippen LogP contribution in [-0.4, -0.2) is 51.5 Å².